The first-order valence-corrected chi connectivity index (χ1v) is 8.31. The molecule has 0 aliphatic heterocycles. The minimum atomic E-state index is 0.728. The van der Waals surface area contributed by atoms with Crippen molar-refractivity contribution in [2.45, 2.75) is 59.3 Å². The van der Waals surface area contributed by atoms with E-state index in [1.807, 2.05) is 36.4 Å². The summed E-state index contributed by atoms with van der Waals surface area (Å²) in [6.45, 7) is 8.81. The number of unbranched alkanes of at least 4 members (excludes halogenated alkanes) is 1. The Kier molecular flexibility index (Phi) is 13.7. The van der Waals surface area contributed by atoms with E-state index in [9.17, 15) is 0 Å². The second-order valence-corrected chi connectivity index (χ2v) is 5.32. The van der Waals surface area contributed by atoms with E-state index in [1.54, 1.807) is 0 Å². The van der Waals surface area contributed by atoms with Crippen molar-refractivity contribution < 1.29 is 0 Å². The van der Waals surface area contributed by atoms with Crippen molar-refractivity contribution in [3.05, 3.63) is 72.3 Å². The van der Waals surface area contributed by atoms with Gasteiger partial charge in [0.25, 0.3) is 0 Å². The number of rotatable bonds is 4. The van der Waals surface area contributed by atoms with Crippen LogP contribution in [-0.2, 0) is 0 Å². The average molecular weight is 284 g/mol. The number of hydrogen-bond donors (Lipinski definition) is 0. The normalized spacial score (nSPS) is 10.5. The number of hydrogen-bond acceptors (Lipinski definition) is 0. The smallest absolute Gasteiger partial charge is 0.0190 e. The lowest BCUT2D eigenvalue weighted by Crippen LogP contribution is -1.92. The molecular weight excluding hydrogens is 252 g/mol. The molecule has 0 aliphatic rings. The van der Waals surface area contributed by atoms with E-state index >= 15 is 0 Å². The topological polar surface area (TPSA) is 0 Å². The average Bonchev–Trinajstić information content (AvgIpc) is 2.56. The molecule has 0 saturated heterocycles. The maximum absolute atomic E-state index is 2.31. The molecule has 2 aromatic rings. The Balaban J connectivity index is 0.000000369. The van der Waals surface area contributed by atoms with Crippen molar-refractivity contribution >= 4 is 0 Å². The van der Waals surface area contributed by atoms with Crippen LogP contribution in [0.5, 0.6) is 0 Å². The molecule has 0 bridgehead atoms. The van der Waals surface area contributed by atoms with E-state index in [2.05, 4.69) is 58.0 Å². The second-order valence-electron chi connectivity index (χ2n) is 5.32. The summed E-state index contributed by atoms with van der Waals surface area (Å²) in [5.41, 5.74) is 1.48. The molecule has 1 atom stereocenters. The van der Waals surface area contributed by atoms with Gasteiger partial charge < -0.3 is 0 Å². The molecule has 21 heavy (non-hydrogen) atoms. The highest BCUT2D eigenvalue weighted by Crippen LogP contribution is 2.20. The minimum absolute atomic E-state index is 0.728. The lowest BCUT2D eigenvalue weighted by atomic mass is 9.96. The fourth-order valence-electron chi connectivity index (χ4n) is 1.84. The Morgan fingerprint density at radius 2 is 1.10 bits per heavy atom. The van der Waals surface area contributed by atoms with Crippen LogP contribution in [0.4, 0.5) is 0 Å². The Bertz CT molecular complexity index is 364. The summed E-state index contributed by atoms with van der Waals surface area (Å²) < 4.78 is 0. The van der Waals surface area contributed by atoms with E-state index in [-0.39, 0.29) is 0 Å². The van der Waals surface area contributed by atoms with Gasteiger partial charge in [-0.3, -0.25) is 0 Å². The van der Waals surface area contributed by atoms with Crippen LogP contribution in [0.3, 0.4) is 0 Å². The van der Waals surface area contributed by atoms with E-state index in [0.29, 0.717) is 0 Å². The Labute approximate surface area is 132 Å². The Morgan fingerprint density at radius 1 is 0.714 bits per heavy atom. The fourth-order valence-corrected chi connectivity index (χ4v) is 1.84. The standard InChI is InChI=1S/C12H18.C6H6.C3H8/c1-3-4-8-11(2)12-9-6-5-7-10-12;1-2-4-6-5-3-1;1-3-2/h5-7,9-11H,3-4,8H2,1-2H3;1-6H;3H2,1-2H3. The molecule has 0 heteroatoms. The highest BCUT2D eigenvalue weighted by Gasteiger charge is 2.02. The molecule has 0 saturated carbocycles. The quantitative estimate of drug-likeness (QED) is 0.562. The van der Waals surface area contributed by atoms with E-state index in [1.165, 1.54) is 31.2 Å². The van der Waals surface area contributed by atoms with Gasteiger partial charge in [-0.05, 0) is 17.9 Å². The summed E-state index contributed by atoms with van der Waals surface area (Å²) in [7, 11) is 0. The molecule has 1 unspecified atom stereocenters. The predicted octanol–water partition coefficient (Wildman–Crippen LogP) is 7.08. The van der Waals surface area contributed by atoms with Crippen molar-refractivity contribution in [1.82, 2.24) is 0 Å². The lowest BCUT2D eigenvalue weighted by Gasteiger charge is -2.10. The maximum Gasteiger partial charge on any atom is -0.0190 e. The first-order chi connectivity index (χ1) is 10.3. The summed E-state index contributed by atoms with van der Waals surface area (Å²) in [6, 6.07) is 22.8. The van der Waals surface area contributed by atoms with Gasteiger partial charge in [-0.15, -0.1) is 0 Å². The highest BCUT2D eigenvalue weighted by atomic mass is 14.1. The van der Waals surface area contributed by atoms with Gasteiger partial charge in [0.1, 0.15) is 0 Å². The van der Waals surface area contributed by atoms with Gasteiger partial charge in [0, 0.05) is 0 Å². The number of benzene rings is 2. The summed E-state index contributed by atoms with van der Waals surface area (Å²) in [5.74, 6) is 0.728. The second kappa shape index (κ2) is 14.8. The zero-order valence-electron chi connectivity index (χ0n) is 14.3. The van der Waals surface area contributed by atoms with E-state index in [0.717, 1.165) is 5.92 Å². The molecule has 2 rings (SSSR count). The summed E-state index contributed by atoms with van der Waals surface area (Å²) in [5, 5.41) is 0. The van der Waals surface area contributed by atoms with Crippen LogP contribution in [0.15, 0.2) is 66.7 Å². The van der Waals surface area contributed by atoms with Crippen LogP contribution in [0.1, 0.15) is 64.9 Å². The molecule has 0 aromatic heterocycles. The first-order valence-electron chi connectivity index (χ1n) is 8.31. The third-order valence-corrected chi connectivity index (χ3v) is 3.03. The summed E-state index contributed by atoms with van der Waals surface area (Å²) >= 11 is 0. The van der Waals surface area contributed by atoms with Crippen LogP contribution in [0.25, 0.3) is 0 Å². The van der Waals surface area contributed by atoms with E-state index in [4.69, 9.17) is 0 Å². The molecule has 0 spiro atoms. The molecule has 116 valence electrons. The highest BCUT2D eigenvalue weighted by molar-refractivity contribution is 5.18. The molecule has 0 aliphatic carbocycles. The lowest BCUT2D eigenvalue weighted by molar-refractivity contribution is 0.624. The molecule has 2 aromatic carbocycles. The van der Waals surface area contributed by atoms with Crippen molar-refractivity contribution in [1.29, 1.82) is 0 Å². The Morgan fingerprint density at radius 3 is 1.48 bits per heavy atom. The Hall–Kier alpha value is -1.56. The van der Waals surface area contributed by atoms with Crippen molar-refractivity contribution in [3.63, 3.8) is 0 Å². The van der Waals surface area contributed by atoms with Gasteiger partial charge in [-0.25, -0.2) is 0 Å². The van der Waals surface area contributed by atoms with Crippen molar-refractivity contribution in [2.24, 2.45) is 0 Å². The zero-order chi connectivity index (χ0) is 15.8. The van der Waals surface area contributed by atoms with Gasteiger partial charge in [-0.1, -0.05) is 114 Å². The van der Waals surface area contributed by atoms with Crippen LogP contribution < -0.4 is 0 Å². The van der Waals surface area contributed by atoms with Crippen LogP contribution >= 0.6 is 0 Å². The van der Waals surface area contributed by atoms with E-state index < -0.39 is 0 Å². The van der Waals surface area contributed by atoms with Crippen LogP contribution in [0.2, 0.25) is 0 Å². The van der Waals surface area contributed by atoms with Gasteiger partial charge in [0.2, 0.25) is 0 Å². The molecule has 0 radical (unpaired) electrons. The molecule has 0 N–H and O–H groups in total. The van der Waals surface area contributed by atoms with Gasteiger partial charge in [0.05, 0.1) is 0 Å². The molecule has 0 amide bonds. The summed E-state index contributed by atoms with van der Waals surface area (Å²) in [6.07, 6.45) is 5.22. The third kappa shape index (κ3) is 11.9. The third-order valence-electron chi connectivity index (χ3n) is 3.03. The monoisotopic (exact) mass is 284 g/mol. The molecule has 0 nitrogen and oxygen atoms in total. The molecular formula is C21H32. The summed E-state index contributed by atoms with van der Waals surface area (Å²) in [4.78, 5) is 0. The molecule has 0 heterocycles. The maximum atomic E-state index is 2.31. The van der Waals surface area contributed by atoms with Crippen molar-refractivity contribution in [3.8, 4) is 0 Å². The van der Waals surface area contributed by atoms with Gasteiger partial charge in [-0.2, -0.15) is 0 Å². The predicted molar refractivity (Wildman–Crippen MR) is 96.8 cm³/mol. The van der Waals surface area contributed by atoms with Gasteiger partial charge >= 0.3 is 0 Å². The minimum Gasteiger partial charge on any atom is -0.0656 e. The zero-order valence-corrected chi connectivity index (χ0v) is 14.3. The van der Waals surface area contributed by atoms with Crippen LogP contribution in [0, 0.1) is 0 Å². The first kappa shape index (κ1) is 19.4. The SMILES string of the molecule is CCC.CCCCC(C)c1ccccc1.c1ccccc1. The fraction of sp³-hybridized carbons (Fsp3) is 0.429. The molecule has 0 fully saturated rings. The largest absolute Gasteiger partial charge is 0.0656 e. The van der Waals surface area contributed by atoms with Gasteiger partial charge in [0.15, 0.2) is 0 Å². The van der Waals surface area contributed by atoms with Crippen molar-refractivity contribution in [2.75, 3.05) is 0 Å². The van der Waals surface area contributed by atoms with Crippen LogP contribution in [-0.4, -0.2) is 0 Å².